The van der Waals surface area contributed by atoms with Gasteiger partial charge in [-0.15, -0.1) is 0 Å². The maximum Gasteiger partial charge on any atom is 0.337 e. The van der Waals surface area contributed by atoms with Crippen molar-refractivity contribution in [2.75, 3.05) is 40.3 Å². The number of aromatic carboxylic acids is 2. The Bertz CT molecular complexity index is 2740. The fourth-order valence-corrected chi connectivity index (χ4v) is 13.7. The number of hydrogen-bond donors (Lipinski definition) is 4. The van der Waals surface area contributed by atoms with Gasteiger partial charge in [0, 0.05) is 60.1 Å². The lowest BCUT2D eigenvalue weighted by Crippen LogP contribution is -3.06. The number of benzene rings is 3. The Labute approximate surface area is 541 Å². The van der Waals surface area contributed by atoms with E-state index in [1.54, 1.807) is 26.1 Å². The van der Waals surface area contributed by atoms with Gasteiger partial charge in [-0.05, 0) is 200 Å². The monoisotopic (exact) mass is 1820 g/mol. The number of imidazole rings is 1. The van der Waals surface area contributed by atoms with Gasteiger partial charge in [-0.2, -0.15) is 0 Å². The number of quaternary nitrogens is 2. The second-order valence-electron chi connectivity index (χ2n) is 16.7. The summed E-state index contributed by atoms with van der Waals surface area (Å²) >= 11 is 19.1. The van der Waals surface area contributed by atoms with Gasteiger partial charge in [0.15, 0.2) is 5.75 Å². The number of rotatable bonds is 14. The van der Waals surface area contributed by atoms with E-state index in [1.807, 2.05) is 154 Å². The van der Waals surface area contributed by atoms with E-state index >= 15 is 0 Å². The summed E-state index contributed by atoms with van der Waals surface area (Å²) in [4.78, 5) is 66.2. The number of aromatic nitrogens is 2. The number of nitrogens with one attached hydrogen (secondary N) is 1. The number of nitrogens with zero attached hydrogens (tertiary/aromatic N) is 2. The van der Waals surface area contributed by atoms with E-state index in [2.05, 4.69) is 107 Å². The molecule has 0 unspecified atom stereocenters. The van der Waals surface area contributed by atoms with Crippen LogP contribution in [-0.2, 0) is 35.2 Å². The van der Waals surface area contributed by atoms with Gasteiger partial charge < -0.3 is 54.8 Å². The summed E-state index contributed by atoms with van der Waals surface area (Å²) < 4.78 is 23.9. The molecule has 77 heavy (non-hydrogen) atoms. The van der Waals surface area contributed by atoms with Crippen LogP contribution in [0.15, 0.2) is 106 Å². The van der Waals surface area contributed by atoms with Crippen molar-refractivity contribution in [1.29, 1.82) is 0 Å². The number of hydrogen-bond acceptors (Lipinski definition) is 12. The van der Waals surface area contributed by atoms with E-state index in [4.69, 9.17) is 24.4 Å². The zero-order valence-corrected chi connectivity index (χ0v) is 58.3. The fraction of sp³-hybridized carbons (Fsp3) is 0.314. The molecule has 0 atom stereocenters. The molecule has 2 heterocycles. The minimum absolute atomic E-state index is 0.0428. The van der Waals surface area contributed by atoms with Crippen molar-refractivity contribution >= 4 is 203 Å². The highest BCUT2D eigenvalue weighted by atomic mass is 127. The molecule has 1 fully saturated rings. The van der Waals surface area contributed by atoms with E-state index in [9.17, 15) is 44.1 Å². The summed E-state index contributed by atoms with van der Waals surface area (Å²) in [5.74, 6) is -4.95. The maximum atomic E-state index is 11.5. The highest BCUT2D eigenvalue weighted by Crippen LogP contribution is 2.37. The van der Waals surface area contributed by atoms with E-state index < -0.39 is 29.6 Å². The van der Waals surface area contributed by atoms with Crippen molar-refractivity contribution in [2.45, 2.75) is 59.6 Å². The number of halogens is 8. The molecule has 0 aliphatic carbocycles. The molecule has 5 rings (SSSR count). The number of nitrogens with two attached hydrogens (primary N) is 1. The predicted molar refractivity (Wildman–Crippen MR) is 338 cm³/mol. The van der Waals surface area contributed by atoms with Crippen LogP contribution in [0.2, 0.25) is 0 Å². The zero-order chi connectivity index (χ0) is 59.5. The molecule has 4 aromatic rings. The first-order chi connectivity index (χ1) is 35.7. The van der Waals surface area contributed by atoms with Crippen LogP contribution in [0, 0.1) is 23.8 Å². The van der Waals surface area contributed by atoms with E-state index in [-0.39, 0.29) is 38.9 Å². The van der Waals surface area contributed by atoms with Gasteiger partial charge in [0.2, 0.25) is 6.33 Å². The van der Waals surface area contributed by atoms with Gasteiger partial charge in [-0.3, -0.25) is 0 Å². The van der Waals surface area contributed by atoms with Crippen LogP contribution in [0.5, 0.6) is 17.2 Å². The molecule has 0 amide bonds. The Hall–Kier alpha value is -2.74. The molecule has 26 heteroatoms. The number of carbonyl (C=O) groups excluding carboxylic acids is 4. The van der Waals surface area contributed by atoms with Crippen LogP contribution >= 0.6 is 161 Å². The molecule has 422 valence electrons. The number of carboxylic acids is 3. The normalized spacial score (nSPS) is 11.7. The number of ether oxygens (including phenoxy) is 3. The lowest BCUT2D eigenvalue weighted by molar-refractivity contribution is -0.858. The van der Waals surface area contributed by atoms with Crippen LogP contribution < -0.4 is 34.8 Å². The molecule has 3 aromatic carbocycles. The van der Waals surface area contributed by atoms with Crippen LogP contribution in [0.25, 0.3) is 6.20 Å². The third-order valence-corrected chi connectivity index (χ3v) is 15.3. The summed E-state index contributed by atoms with van der Waals surface area (Å²) in [6.07, 6.45) is 11.4. The first-order valence-corrected chi connectivity index (χ1v) is 30.2. The molecule has 18 nitrogen and oxygen atoms in total. The number of likely N-dealkylation sites (N-methyl/N-ethyl adjacent to an activating group) is 1. The smallest absolute Gasteiger partial charge is 0.337 e. The Morgan fingerprint density at radius 1 is 0.844 bits per heavy atom. The minimum Gasteiger partial charge on any atom is -0.871 e. The minimum atomic E-state index is -1.44. The first-order valence-electron chi connectivity index (χ1n) is 22.4. The second kappa shape index (κ2) is 38.1. The van der Waals surface area contributed by atoms with Gasteiger partial charge >= 0.3 is 29.8 Å². The van der Waals surface area contributed by atoms with Crippen molar-refractivity contribution in [3.8, 4) is 17.2 Å². The summed E-state index contributed by atoms with van der Waals surface area (Å²) in [6, 6.07) is 8.14. The van der Waals surface area contributed by atoms with Gasteiger partial charge in [-0.1, -0.05) is 63.1 Å². The van der Waals surface area contributed by atoms with Gasteiger partial charge in [0.1, 0.15) is 31.1 Å². The third-order valence-electron chi connectivity index (χ3n) is 9.70. The highest BCUT2D eigenvalue weighted by molar-refractivity contribution is 14.1. The maximum absolute atomic E-state index is 11.5. The first kappa shape index (κ1) is 74.3. The van der Waals surface area contributed by atoms with Crippen LogP contribution in [0.4, 0.5) is 0 Å². The van der Waals surface area contributed by atoms with Crippen molar-refractivity contribution in [1.82, 2.24) is 4.57 Å². The lowest BCUT2D eigenvalue weighted by Gasteiger charge is -2.35. The van der Waals surface area contributed by atoms with Gasteiger partial charge in [0.05, 0.1) is 64.2 Å². The van der Waals surface area contributed by atoms with Gasteiger partial charge in [0.25, 0.3) is 0 Å². The molecular formula is C51H58Br3I5N4O14. The summed E-state index contributed by atoms with van der Waals surface area (Å²) in [5.41, 5.74) is 0.355. The molecule has 1 saturated heterocycles. The van der Waals surface area contributed by atoms with Crippen LogP contribution in [0.1, 0.15) is 68.2 Å². The Balaban J connectivity index is 0.000000910. The van der Waals surface area contributed by atoms with E-state index in [0.29, 0.717) is 48.0 Å². The molecule has 1 aromatic heterocycles. The predicted octanol–water partition coefficient (Wildman–Crippen LogP) is 7.13. The molecule has 0 saturated carbocycles. The van der Waals surface area contributed by atoms with Crippen molar-refractivity contribution < 1.29 is 83.3 Å². The lowest BCUT2D eigenvalue weighted by atomic mass is 9.83. The third kappa shape index (κ3) is 29.5. The number of aryl methyl sites for hydroxylation is 1. The van der Waals surface area contributed by atoms with Gasteiger partial charge in [-0.25, -0.2) is 33.1 Å². The fourth-order valence-electron chi connectivity index (χ4n) is 5.59. The summed E-state index contributed by atoms with van der Waals surface area (Å²) in [6.45, 7) is 24.7. The number of esters is 3. The summed E-state index contributed by atoms with van der Waals surface area (Å²) in [7, 11) is 4.02. The van der Waals surface area contributed by atoms with Crippen LogP contribution in [0.3, 0.4) is 0 Å². The number of carbonyl (C=O) groups is 6. The highest BCUT2D eigenvalue weighted by Gasteiger charge is 2.35. The average molecular weight is 1830 g/mol. The number of piperidine rings is 1. The van der Waals surface area contributed by atoms with Crippen LogP contribution in [-0.4, -0.2) is 96.5 Å². The largest absolute Gasteiger partial charge is 0.871 e. The average Bonchev–Trinajstić information content (AvgIpc) is 3.82. The Morgan fingerprint density at radius 3 is 1.82 bits per heavy atom. The SMILES string of the molecule is C=C(C)C(=O)OC(C)(C)C1CC[NH2+]CC1.C=C(C)C(=O)OCC[NH+](C)C.C=Cn1cc[n+](CC)c1.O=C(O)c1c(Br)cc(Br)c([O-])c1Br.O=C(O)c1cc(I)cc(I)c1[O-].O=C([O-])/C=C/C(=O)Oc1c(I)cc(I)cc1I. The molecule has 0 spiro atoms. The van der Waals surface area contributed by atoms with E-state index in [0.717, 1.165) is 59.4 Å². The topological polar surface area (TPSA) is 270 Å². The number of aliphatic carboxylic acids is 1. The second-order valence-corrected chi connectivity index (χ2v) is 25.1. The quantitative estimate of drug-likeness (QED) is 0.0322. The molecule has 5 N–H and O–H groups in total. The molecule has 1 aliphatic rings. The molecule has 0 radical (unpaired) electrons. The standard InChI is InChI=1S/C12H21NO2.C10H5I3O4.C8H15NO2.C7H3Br3O3.C7H4I2O3.C7H11N2/c1-9(2)11(14)15-12(3,4)10-5-7-13-8-6-10;11-5-3-6(12)10(7(13)4-5)17-9(16)2-1-8(14)15;1-7(2)8(10)11-6-5-9(3)4;8-2-1-3(9)6(11)5(10)4(2)7(12)13;8-3-1-4(7(11)12)6(10)5(9)2-3;1-3-8-5-6-9(4-2)7-8/h10,13H,1,5-8H2,2-4H3;1-4H,(H,14,15);1,5-6H2,2-4H3;1,11H,(H,12,13);1-2,10H,(H,11,12);3,5-7H,1,4H2,2H3/q;;;;;+1/p-1/b;2-1+;;;;. The molecule has 1 aliphatic heterocycles. The molecular weight excluding hydrogens is 1770 g/mol. The summed E-state index contributed by atoms with van der Waals surface area (Å²) in [5, 5.41) is 52.2. The Kier molecular flexibility index (Phi) is 36.7. The Morgan fingerprint density at radius 2 is 1.38 bits per heavy atom. The van der Waals surface area contributed by atoms with Crippen molar-refractivity contribution in [3.63, 3.8) is 0 Å². The molecule has 0 bridgehead atoms. The van der Waals surface area contributed by atoms with E-state index in [1.165, 1.54) is 17.0 Å². The zero-order valence-electron chi connectivity index (χ0n) is 42.8. The van der Waals surface area contributed by atoms with Crippen molar-refractivity contribution in [3.05, 3.63) is 134 Å². The van der Waals surface area contributed by atoms with Crippen molar-refractivity contribution in [2.24, 2.45) is 5.92 Å². The number of carboxylic acid groups (broad SMARTS) is 3.